The molecule has 0 radical (unpaired) electrons. The molecule has 3 aromatic carbocycles. The van der Waals surface area contributed by atoms with Crippen LogP contribution in [-0.4, -0.2) is 0 Å². The summed E-state index contributed by atoms with van der Waals surface area (Å²) in [4.78, 5) is 0. The van der Waals surface area contributed by atoms with Crippen molar-refractivity contribution in [3.63, 3.8) is 0 Å². The van der Waals surface area contributed by atoms with Gasteiger partial charge in [0.25, 0.3) is 0 Å². The van der Waals surface area contributed by atoms with Crippen molar-refractivity contribution in [3.8, 4) is 11.1 Å². The highest BCUT2D eigenvalue weighted by atomic mass is 15.2. The molecule has 3 aromatic rings. The van der Waals surface area contributed by atoms with Crippen LogP contribution in [0, 0.1) is 0 Å². The predicted octanol–water partition coefficient (Wildman–Crippen LogP) is 3.19. The first-order chi connectivity index (χ1) is 11.2. The van der Waals surface area contributed by atoms with E-state index in [9.17, 15) is 0 Å². The highest BCUT2D eigenvalue weighted by molar-refractivity contribution is 5.67. The number of nitrogens with two attached hydrogens (primary N) is 3. The Hall–Kier alpha value is -3.02. The van der Waals surface area contributed by atoms with Gasteiger partial charge in [-0.3, -0.25) is 11.7 Å². The van der Waals surface area contributed by atoms with E-state index < -0.39 is 0 Å². The molecule has 0 heterocycles. The molecule has 0 saturated heterocycles. The molecule has 0 aliphatic carbocycles. The van der Waals surface area contributed by atoms with Crippen molar-refractivity contribution in [1.82, 2.24) is 0 Å². The van der Waals surface area contributed by atoms with Crippen LogP contribution in [0.2, 0.25) is 0 Å². The van der Waals surface area contributed by atoms with Gasteiger partial charge in [-0.15, -0.1) is 0 Å². The summed E-state index contributed by atoms with van der Waals surface area (Å²) in [6.07, 6.45) is 0. The van der Waals surface area contributed by atoms with Crippen LogP contribution >= 0.6 is 0 Å². The van der Waals surface area contributed by atoms with Crippen LogP contribution in [0.1, 0.15) is 0 Å². The molecule has 23 heavy (non-hydrogen) atoms. The molecule has 0 bridgehead atoms. The lowest BCUT2D eigenvalue weighted by Crippen LogP contribution is -2.06. The van der Waals surface area contributed by atoms with Crippen molar-refractivity contribution in [2.45, 2.75) is 0 Å². The molecule has 0 saturated carbocycles. The molecule has 0 atom stereocenters. The minimum Gasteiger partial charge on any atom is -0.399 e. The third-order valence-electron chi connectivity index (χ3n) is 3.24. The molecular formula is C18H21N5. The molecule has 0 aromatic heterocycles. The lowest BCUT2D eigenvalue weighted by Gasteiger charge is -2.05. The number of rotatable bonds is 3. The predicted molar refractivity (Wildman–Crippen MR) is 98.4 cm³/mol. The van der Waals surface area contributed by atoms with Gasteiger partial charge in [0.2, 0.25) is 0 Å². The summed E-state index contributed by atoms with van der Waals surface area (Å²) >= 11 is 0. The number of anilines is 3. The van der Waals surface area contributed by atoms with Crippen molar-refractivity contribution in [3.05, 3.63) is 78.9 Å². The van der Waals surface area contributed by atoms with Crippen molar-refractivity contribution in [2.75, 3.05) is 16.6 Å². The van der Waals surface area contributed by atoms with E-state index in [0.29, 0.717) is 0 Å². The first-order valence-corrected chi connectivity index (χ1v) is 7.17. The standard InChI is InChI=1S/C12H14N4.C6H7N/c13-15-11-5-1-9(2-6-11)10-3-7-12(16-14)8-4-10;7-6-4-2-1-3-5-6/h1-8,15-16H,13-14H2;1-5H,7H2. The summed E-state index contributed by atoms with van der Waals surface area (Å²) in [5.41, 5.74) is 15.4. The maximum absolute atomic E-state index is 5.36. The van der Waals surface area contributed by atoms with Gasteiger partial charge in [0.05, 0.1) is 0 Å². The number of nitrogens with one attached hydrogen (secondary N) is 2. The number of hydrogen-bond acceptors (Lipinski definition) is 5. The highest BCUT2D eigenvalue weighted by Gasteiger charge is 1.97. The molecule has 5 heteroatoms. The molecule has 0 unspecified atom stereocenters. The summed E-state index contributed by atoms with van der Waals surface area (Å²) in [7, 11) is 0. The lowest BCUT2D eigenvalue weighted by molar-refractivity contribution is 1.35. The van der Waals surface area contributed by atoms with E-state index in [1.54, 1.807) is 0 Å². The Balaban J connectivity index is 0.000000229. The van der Waals surface area contributed by atoms with Gasteiger partial charge in [-0.25, -0.2) is 0 Å². The van der Waals surface area contributed by atoms with E-state index in [1.165, 1.54) is 0 Å². The van der Waals surface area contributed by atoms with Crippen LogP contribution in [0.15, 0.2) is 78.9 Å². The molecule has 0 amide bonds. The Bertz CT molecular complexity index is 648. The second-order valence-corrected chi connectivity index (χ2v) is 4.85. The van der Waals surface area contributed by atoms with Crippen LogP contribution in [0.3, 0.4) is 0 Å². The zero-order valence-corrected chi connectivity index (χ0v) is 12.7. The number of hydrazine groups is 2. The fourth-order valence-electron chi connectivity index (χ4n) is 1.97. The summed E-state index contributed by atoms with van der Waals surface area (Å²) in [5, 5.41) is 0. The largest absolute Gasteiger partial charge is 0.399 e. The van der Waals surface area contributed by atoms with Gasteiger partial charge in [-0.2, -0.15) is 0 Å². The normalized spacial score (nSPS) is 9.48. The Morgan fingerprint density at radius 3 is 1.17 bits per heavy atom. The number of nitrogen functional groups attached to an aromatic ring is 3. The second-order valence-electron chi connectivity index (χ2n) is 4.85. The highest BCUT2D eigenvalue weighted by Crippen LogP contribution is 2.22. The lowest BCUT2D eigenvalue weighted by atomic mass is 10.1. The van der Waals surface area contributed by atoms with E-state index in [-0.39, 0.29) is 0 Å². The summed E-state index contributed by atoms with van der Waals surface area (Å²) < 4.78 is 0. The molecule has 0 fully saturated rings. The van der Waals surface area contributed by atoms with Crippen LogP contribution in [0.25, 0.3) is 11.1 Å². The minimum absolute atomic E-state index is 0.822. The molecule has 5 nitrogen and oxygen atoms in total. The molecule has 0 aliphatic heterocycles. The van der Waals surface area contributed by atoms with Crippen molar-refractivity contribution >= 4 is 17.1 Å². The van der Waals surface area contributed by atoms with E-state index in [2.05, 4.69) is 10.9 Å². The van der Waals surface area contributed by atoms with E-state index in [0.717, 1.165) is 28.2 Å². The molecule has 0 spiro atoms. The first kappa shape index (κ1) is 16.4. The van der Waals surface area contributed by atoms with Gasteiger partial charge < -0.3 is 16.6 Å². The van der Waals surface area contributed by atoms with Crippen molar-refractivity contribution in [1.29, 1.82) is 0 Å². The Morgan fingerprint density at radius 1 is 0.522 bits per heavy atom. The summed E-state index contributed by atoms with van der Waals surface area (Å²) in [6, 6.07) is 25.3. The van der Waals surface area contributed by atoms with E-state index in [1.807, 2.05) is 78.9 Å². The Morgan fingerprint density at radius 2 is 0.913 bits per heavy atom. The quantitative estimate of drug-likeness (QED) is 0.290. The van der Waals surface area contributed by atoms with E-state index in [4.69, 9.17) is 17.4 Å². The maximum Gasteiger partial charge on any atom is 0.0485 e. The zero-order chi connectivity index (χ0) is 16.5. The molecular weight excluding hydrogens is 286 g/mol. The van der Waals surface area contributed by atoms with Crippen LogP contribution in [0.4, 0.5) is 17.1 Å². The van der Waals surface area contributed by atoms with Gasteiger partial charge in [0.1, 0.15) is 0 Å². The molecule has 118 valence electrons. The smallest absolute Gasteiger partial charge is 0.0485 e. The molecule has 3 rings (SSSR count). The SMILES string of the molecule is NNc1ccc(-c2ccc(NN)cc2)cc1.Nc1ccccc1. The summed E-state index contributed by atoms with van der Waals surface area (Å²) in [6.45, 7) is 0. The third-order valence-corrected chi connectivity index (χ3v) is 3.24. The summed E-state index contributed by atoms with van der Waals surface area (Å²) in [5.74, 6) is 10.6. The Labute approximate surface area is 136 Å². The number of para-hydroxylation sites is 1. The van der Waals surface area contributed by atoms with Crippen LogP contribution in [0.5, 0.6) is 0 Å². The average Bonchev–Trinajstić information content (AvgIpc) is 2.63. The van der Waals surface area contributed by atoms with Gasteiger partial charge in [0, 0.05) is 17.1 Å². The number of hydrogen-bond donors (Lipinski definition) is 5. The van der Waals surface area contributed by atoms with Crippen molar-refractivity contribution < 1.29 is 0 Å². The van der Waals surface area contributed by atoms with Gasteiger partial charge in [0.15, 0.2) is 0 Å². The second kappa shape index (κ2) is 8.43. The molecule has 8 N–H and O–H groups in total. The Kier molecular flexibility index (Phi) is 5.99. The van der Waals surface area contributed by atoms with Gasteiger partial charge >= 0.3 is 0 Å². The number of benzene rings is 3. The minimum atomic E-state index is 0.822. The molecule has 0 aliphatic rings. The van der Waals surface area contributed by atoms with Crippen LogP contribution in [-0.2, 0) is 0 Å². The average molecular weight is 307 g/mol. The fraction of sp³-hybridized carbons (Fsp3) is 0. The van der Waals surface area contributed by atoms with Crippen LogP contribution < -0.4 is 28.3 Å². The monoisotopic (exact) mass is 307 g/mol. The maximum atomic E-state index is 5.36. The van der Waals surface area contributed by atoms with E-state index >= 15 is 0 Å². The fourth-order valence-corrected chi connectivity index (χ4v) is 1.97. The zero-order valence-electron chi connectivity index (χ0n) is 12.7. The topological polar surface area (TPSA) is 102 Å². The van der Waals surface area contributed by atoms with Gasteiger partial charge in [-0.05, 0) is 47.5 Å². The van der Waals surface area contributed by atoms with Crippen molar-refractivity contribution in [2.24, 2.45) is 11.7 Å². The third kappa shape index (κ3) is 5.03. The first-order valence-electron chi connectivity index (χ1n) is 7.17. The van der Waals surface area contributed by atoms with Gasteiger partial charge in [-0.1, -0.05) is 42.5 Å².